The first-order valence-corrected chi connectivity index (χ1v) is 6.50. The first kappa shape index (κ1) is 12.4. The van der Waals surface area contributed by atoms with E-state index in [-0.39, 0.29) is 6.04 Å². The molecule has 0 spiro atoms. The van der Waals surface area contributed by atoms with Crippen molar-refractivity contribution in [3.8, 4) is 5.75 Å². The molecule has 94 valence electrons. The largest absolute Gasteiger partial charge is 0.494 e. The zero-order valence-corrected chi connectivity index (χ0v) is 10.5. The maximum Gasteiger partial charge on any atom is 0.119 e. The highest BCUT2D eigenvalue weighted by Gasteiger charge is 2.21. The van der Waals surface area contributed by atoms with Crippen LogP contribution in [-0.4, -0.2) is 19.7 Å². The third-order valence-electron chi connectivity index (χ3n) is 3.42. The molecule has 1 fully saturated rings. The van der Waals surface area contributed by atoms with E-state index in [0.29, 0.717) is 12.5 Å². The Hall–Kier alpha value is -1.06. The summed E-state index contributed by atoms with van der Waals surface area (Å²) in [5, 5.41) is 3.41. The van der Waals surface area contributed by atoms with Crippen molar-refractivity contribution >= 4 is 0 Å². The van der Waals surface area contributed by atoms with Gasteiger partial charge >= 0.3 is 0 Å². The van der Waals surface area contributed by atoms with E-state index in [1.54, 1.807) is 0 Å². The van der Waals surface area contributed by atoms with E-state index in [1.165, 1.54) is 18.4 Å². The van der Waals surface area contributed by atoms with E-state index in [0.717, 1.165) is 18.8 Å². The summed E-state index contributed by atoms with van der Waals surface area (Å²) < 4.78 is 5.43. The summed E-state index contributed by atoms with van der Waals surface area (Å²) >= 11 is 0. The lowest BCUT2D eigenvalue weighted by molar-refractivity contribution is 0.325. The zero-order chi connectivity index (χ0) is 12.1. The number of nitrogens with one attached hydrogen (secondary N) is 1. The second-order valence-electron chi connectivity index (χ2n) is 4.63. The van der Waals surface area contributed by atoms with Gasteiger partial charge in [-0.3, -0.25) is 0 Å². The minimum Gasteiger partial charge on any atom is -0.494 e. The molecule has 1 aliphatic heterocycles. The Kier molecular flexibility index (Phi) is 4.40. The van der Waals surface area contributed by atoms with Gasteiger partial charge in [-0.15, -0.1) is 0 Å². The fourth-order valence-corrected chi connectivity index (χ4v) is 2.41. The summed E-state index contributed by atoms with van der Waals surface area (Å²) in [6.45, 7) is 4.87. The van der Waals surface area contributed by atoms with Crippen LogP contribution in [0.1, 0.15) is 31.4 Å². The SMILES string of the molecule is CCOc1ccc(C(N)C2CCCNC2)cc1. The van der Waals surface area contributed by atoms with Gasteiger partial charge in [-0.1, -0.05) is 12.1 Å². The smallest absolute Gasteiger partial charge is 0.119 e. The molecule has 1 saturated heterocycles. The Bertz CT molecular complexity index is 331. The molecule has 1 aliphatic rings. The number of nitrogens with two attached hydrogens (primary N) is 1. The Balaban J connectivity index is 2.00. The molecule has 0 amide bonds. The molecular weight excluding hydrogens is 212 g/mol. The molecule has 0 radical (unpaired) electrons. The van der Waals surface area contributed by atoms with Crippen molar-refractivity contribution in [2.45, 2.75) is 25.8 Å². The normalized spacial score (nSPS) is 22.1. The Morgan fingerprint density at radius 2 is 2.18 bits per heavy atom. The third kappa shape index (κ3) is 3.20. The topological polar surface area (TPSA) is 47.3 Å². The maximum atomic E-state index is 6.31. The van der Waals surface area contributed by atoms with Crippen LogP contribution in [0, 0.1) is 5.92 Å². The molecule has 3 N–H and O–H groups in total. The quantitative estimate of drug-likeness (QED) is 0.838. The highest BCUT2D eigenvalue weighted by molar-refractivity contribution is 5.29. The summed E-state index contributed by atoms with van der Waals surface area (Å²) in [6.07, 6.45) is 2.46. The van der Waals surface area contributed by atoms with Crippen molar-refractivity contribution in [2.75, 3.05) is 19.7 Å². The fourth-order valence-electron chi connectivity index (χ4n) is 2.41. The predicted molar refractivity (Wildman–Crippen MR) is 70.1 cm³/mol. The predicted octanol–water partition coefficient (Wildman–Crippen LogP) is 2.08. The summed E-state index contributed by atoms with van der Waals surface area (Å²) in [5.74, 6) is 1.48. The fraction of sp³-hybridized carbons (Fsp3) is 0.571. The van der Waals surface area contributed by atoms with Crippen LogP contribution < -0.4 is 15.8 Å². The van der Waals surface area contributed by atoms with E-state index in [4.69, 9.17) is 10.5 Å². The van der Waals surface area contributed by atoms with Gasteiger partial charge in [-0.05, 0) is 56.5 Å². The number of ether oxygens (including phenoxy) is 1. The van der Waals surface area contributed by atoms with Gasteiger partial charge in [0.1, 0.15) is 5.75 Å². The molecule has 0 bridgehead atoms. The van der Waals surface area contributed by atoms with Crippen LogP contribution in [-0.2, 0) is 0 Å². The number of piperidine rings is 1. The summed E-state index contributed by atoms with van der Waals surface area (Å²) in [6, 6.07) is 8.33. The molecule has 0 aromatic heterocycles. The van der Waals surface area contributed by atoms with Gasteiger partial charge < -0.3 is 15.8 Å². The van der Waals surface area contributed by atoms with Crippen molar-refractivity contribution in [3.05, 3.63) is 29.8 Å². The number of hydrogen-bond donors (Lipinski definition) is 2. The first-order valence-electron chi connectivity index (χ1n) is 6.50. The van der Waals surface area contributed by atoms with E-state index in [1.807, 2.05) is 19.1 Å². The third-order valence-corrected chi connectivity index (χ3v) is 3.42. The molecule has 3 nitrogen and oxygen atoms in total. The highest BCUT2D eigenvalue weighted by atomic mass is 16.5. The molecule has 0 aliphatic carbocycles. The Morgan fingerprint density at radius 1 is 1.41 bits per heavy atom. The van der Waals surface area contributed by atoms with Crippen LogP contribution in [0.15, 0.2) is 24.3 Å². The Labute approximate surface area is 103 Å². The molecular formula is C14H22N2O. The van der Waals surface area contributed by atoms with Crippen molar-refractivity contribution in [3.63, 3.8) is 0 Å². The molecule has 17 heavy (non-hydrogen) atoms. The molecule has 2 rings (SSSR count). The molecule has 1 aromatic carbocycles. The summed E-state index contributed by atoms with van der Waals surface area (Å²) in [4.78, 5) is 0. The molecule has 1 heterocycles. The van der Waals surface area contributed by atoms with Gasteiger partial charge in [-0.25, -0.2) is 0 Å². The van der Waals surface area contributed by atoms with Gasteiger partial charge in [0.25, 0.3) is 0 Å². The minimum absolute atomic E-state index is 0.137. The average molecular weight is 234 g/mol. The van der Waals surface area contributed by atoms with Crippen LogP contribution >= 0.6 is 0 Å². The summed E-state index contributed by atoms with van der Waals surface area (Å²) in [5.41, 5.74) is 7.52. The van der Waals surface area contributed by atoms with Gasteiger partial charge in [0.15, 0.2) is 0 Å². The number of hydrogen-bond acceptors (Lipinski definition) is 3. The number of benzene rings is 1. The van der Waals surface area contributed by atoms with Crippen LogP contribution in [0.4, 0.5) is 0 Å². The van der Waals surface area contributed by atoms with Crippen LogP contribution in [0.25, 0.3) is 0 Å². The monoisotopic (exact) mass is 234 g/mol. The number of rotatable bonds is 4. The Morgan fingerprint density at radius 3 is 2.76 bits per heavy atom. The van der Waals surface area contributed by atoms with E-state index < -0.39 is 0 Å². The molecule has 2 unspecified atom stereocenters. The zero-order valence-electron chi connectivity index (χ0n) is 10.5. The van der Waals surface area contributed by atoms with Gasteiger partial charge in [0.2, 0.25) is 0 Å². The van der Waals surface area contributed by atoms with Gasteiger partial charge in [0, 0.05) is 6.04 Å². The van der Waals surface area contributed by atoms with Gasteiger partial charge in [0.05, 0.1) is 6.61 Å². The van der Waals surface area contributed by atoms with Gasteiger partial charge in [-0.2, -0.15) is 0 Å². The second kappa shape index (κ2) is 6.03. The van der Waals surface area contributed by atoms with Crippen LogP contribution in [0.2, 0.25) is 0 Å². The highest BCUT2D eigenvalue weighted by Crippen LogP contribution is 2.26. The maximum absolute atomic E-state index is 6.31. The van der Waals surface area contributed by atoms with E-state index in [2.05, 4.69) is 17.4 Å². The standard InChI is InChI=1S/C14H22N2O/c1-2-17-13-7-5-11(6-8-13)14(15)12-4-3-9-16-10-12/h5-8,12,14,16H,2-4,9-10,15H2,1H3. The summed E-state index contributed by atoms with van der Waals surface area (Å²) in [7, 11) is 0. The van der Waals surface area contributed by atoms with Crippen molar-refractivity contribution in [2.24, 2.45) is 11.7 Å². The van der Waals surface area contributed by atoms with Crippen LogP contribution in [0.3, 0.4) is 0 Å². The minimum atomic E-state index is 0.137. The van der Waals surface area contributed by atoms with Crippen LogP contribution in [0.5, 0.6) is 5.75 Å². The molecule has 3 heteroatoms. The van der Waals surface area contributed by atoms with E-state index >= 15 is 0 Å². The molecule has 0 saturated carbocycles. The van der Waals surface area contributed by atoms with Crippen molar-refractivity contribution < 1.29 is 4.74 Å². The lowest BCUT2D eigenvalue weighted by atomic mass is 9.88. The second-order valence-corrected chi connectivity index (χ2v) is 4.63. The van der Waals surface area contributed by atoms with E-state index in [9.17, 15) is 0 Å². The average Bonchev–Trinajstić information content (AvgIpc) is 2.40. The van der Waals surface area contributed by atoms with Crippen molar-refractivity contribution in [1.82, 2.24) is 5.32 Å². The molecule has 1 aromatic rings. The first-order chi connectivity index (χ1) is 8.31. The van der Waals surface area contributed by atoms with Crippen molar-refractivity contribution in [1.29, 1.82) is 0 Å². The lowest BCUT2D eigenvalue weighted by Gasteiger charge is -2.28. The lowest BCUT2D eigenvalue weighted by Crippen LogP contribution is -2.36. The molecule has 2 atom stereocenters.